The number of carboxylic acids is 1. The average Bonchev–Trinajstić information content (AvgIpc) is 3.32. The van der Waals surface area contributed by atoms with Crippen molar-refractivity contribution in [2.45, 2.75) is 83.0 Å². The molecule has 136 valence electrons. The molecule has 0 aromatic carbocycles. The average molecular weight is 336 g/mol. The molecule has 4 heteroatoms. The number of aliphatic hydroxyl groups is 1. The number of aliphatic hydroxyl groups excluding tert-OH is 1. The van der Waals surface area contributed by atoms with Gasteiger partial charge in [-0.1, -0.05) is 56.2 Å². The van der Waals surface area contributed by atoms with Gasteiger partial charge in [-0.25, -0.2) is 0 Å². The van der Waals surface area contributed by atoms with Crippen molar-refractivity contribution in [1.29, 1.82) is 0 Å². The highest BCUT2D eigenvalue weighted by atomic mass is 16.6. The molecule has 1 unspecified atom stereocenters. The van der Waals surface area contributed by atoms with Gasteiger partial charge in [-0.05, 0) is 38.5 Å². The van der Waals surface area contributed by atoms with Gasteiger partial charge in [0.15, 0.2) is 0 Å². The molecular formula is C20H32O4. The van der Waals surface area contributed by atoms with Crippen molar-refractivity contribution < 1.29 is 19.7 Å². The van der Waals surface area contributed by atoms with Gasteiger partial charge in [0.25, 0.3) is 0 Å². The molecule has 0 amide bonds. The van der Waals surface area contributed by atoms with E-state index in [-0.39, 0.29) is 18.6 Å². The van der Waals surface area contributed by atoms with Gasteiger partial charge in [0.2, 0.25) is 0 Å². The maximum Gasteiger partial charge on any atom is 0.303 e. The molecule has 0 aromatic rings. The molecular weight excluding hydrogens is 304 g/mol. The second-order valence-corrected chi connectivity index (χ2v) is 6.25. The van der Waals surface area contributed by atoms with E-state index in [1.165, 1.54) is 19.3 Å². The molecule has 1 heterocycles. The first kappa shape index (κ1) is 20.7. The van der Waals surface area contributed by atoms with E-state index in [2.05, 4.69) is 19.1 Å². The fourth-order valence-electron chi connectivity index (χ4n) is 2.50. The van der Waals surface area contributed by atoms with Gasteiger partial charge < -0.3 is 14.9 Å². The molecule has 4 nitrogen and oxygen atoms in total. The molecule has 24 heavy (non-hydrogen) atoms. The highest BCUT2D eigenvalue weighted by molar-refractivity contribution is 5.66. The summed E-state index contributed by atoms with van der Waals surface area (Å²) in [5, 5.41) is 18.5. The van der Waals surface area contributed by atoms with Gasteiger partial charge in [-0.3, -0.25) is 4.79 Å². The van der Waals surface area contributed by atoms with Crippen LogP contribution in [0.15, 0.2) is 36.5 Å². The molecule has 1 saturated heterocycles. The van der Waals surface area contributed by atoms with E-state index in [4.69, 9.17) is 9.84 Å². The van der Waals surface area contributed by atoms with E-state index in [0.717, 1.165) is 25.7 Å². The van der Waals surface area contributed by atoms with Gasteiger partial charge in [-0.2, -0.15) is 0 Å². The van der Waals surface area contributed by atoms with Crippen LogP contribution in [0.25, 0.3) is 0 Å². The van der Waals surface area contributed by atoms with Crippen LogP contribution in [0.5, 0.6) is 0 Å². The smallest absolute Gasteiger partial charge is 0.303 e. The van der Waals surface area contributed by atoms with E-state index in [1.807, 2.05) is 18.2 Å². The summed E-state index contributed by atoms with van der Waals surface area (Å²) in [6, 6.07) is 0. The summed E-state index contributed by atoms with van der Waals surface area (Å²) in [7, 11) is 0. The number of hydrogen-bond donors (Lipinski definition) is 2. The normalized spacial score (nSPS) is 21.9. The van der Waals surface area contributed by atoms with Crippen LogP contribution in [0, 0.1) is 0 Å². The Balaban J connectivity index is 2.04. The Kier molecular flexibility index (Phi) is 11.2. The minimum absolute atomic E-state index is 0.0684. The van der Waals surface area contributed by atoms with Gasteiger partial charge in [0.1, 0.15) is 12.2 Å². The largest absolute Gasteiger partial charge is 0.481 e. The van der Waals surface area contributed by atoms with Crippen LogP contribution in [-0.2, 0) is 9.53 Å². The van der Waals surface area contributed by atoms with Crippen LogP contribution in [0.1, 0.15) is 64.7 Å². The van der Waals surface area contributed by atoms with Crippen molar-refractivity contribution >= 4 is 5.97 Å². The van der Waals surface area contributed by atoms with E-state index < -0.39 is 12.1 Å². The number of unbranched alkanes of at least 4 members (excludes halogenated alkanes) is 4. The lowest BCUT2D eigenvalue weighted by molar-refractivity contribution is -0.137. The Labute approximate surface area is 145 Å². The Morgan fingerprint density at radius 2 is 1.83 bits per heavy atom. The fourth-order valence-corrected chi connectivity index (χ4v) is 2.50. The van der Waals surface area contributed by atoms with Crippen LogP contribution in [0.2, 0.25) is 0 Å². The summed E-state index contributed by atoms with van der Waals surface area (Å²) in [6.07, 6.45) is 19.8. The third-order valence-corrected chi connectivity index (χ3v) is 4.00. The zero-order valence-electron chi connectivity index (χ0n) is 14.8. The zero-order valence-corrected chi connectivity index (χ0v) is 14.8. The third kappa shape index (κ3) is 10.4. The molecule has 0 saturated carbocycles. The molecule has 1 rings (SSSR count). The Bertz CT molecular complexity index is 425. The summed E-state index contributed by atoms with van der Waals surface area (Å²) in [4.78, 5) is 10.4. The van der Waals surface area contributed by atoms with Crippen LogP contribution in [0.4, 0.5) is 0 Å². The van der Waals surface area contributed by atoms with E-state index in [1.54, 1.807) is 6.08 Å². The number of carboxylic acid groups (broad SMARTS) is 1. The molecule has 0 aromatic heterocycles. The van der Waals surface area contributed by atoms with Crippen LogP contribution >= 0.6 is 0 Å². The first-order chi connectivity index (χ1) is 11.6. The number of allylic oxidation sites excluding steroid dienone is 4. The fraction of sp³-hybridized carbons (Fsp3) is 0.650. The zero-order chi connectivity index (χ0) is 17.6. The minimum atomic E-state index is -0.749. The molecule has 1 fully saturated rings. The summed E-state index contributed by atoms with van der Waals surface area (Å²) in [6.45, 7) is 2.20. The SMILES string of the molecule is CCCCCC=CC[C@@H]1O[C@@H]1C(O)C=CCC=CCCCC(=O)O. The number of aliphatic carboxylic acids is 1. The predicted molar refractivity (Wildman–Crippen MR) is 97.0 cm³/mol. The lowest BCUT2D eigenvalue weighted by Crippen LogP contribution is -2.13. The maximum atomic E-state index is 10.4. The van der Waals surface area contributed by atoms with Crippen LogP contribution in [-0.4, -0.2) is 34.5 Å². The van der Waals surface area contributed by atoms with Crippen molar-refractivity contribution in [2.24, 2.45) is 0 Å². The Morgan fingerprint density at radius 3 is 2.58 bits per heavy atom. The topological polar surface area (TPSA) is 70.1 Å². The number of carbonyl (C=O) groups is 1. The lowest BCUT2D eigenvalue weighted by Gasteiger charge is -1.99. The molecule has 0 bridgehead atoms. The Hall–Kier alpha value is -1.39. The summed E-state index contributed by atoms with van der Waals surface area (Å²) in [5.74, 6) is -0.749. The van der Waals surface area contributed by atoms with Crippen LogP contribution < -0.4 is 0 Å². The van der Waals surface area contributed by atoms with Crippen molar-refractivity contribution in [2.75, 3.05) is 0 Å². The molecule has 0 spiro atoms. The summed E-state index contributed by atoms with van der Waals surface area (Å²) >= 11 is 0. The highest BCUT2D eigenvalue weighted by Crippen LogP contribution is 2.29. The Morgan fingerprint density at radius 1 is 1.08 bits per heavy atom. The molecule has 1 aliphatic rings. The quantitative estimate of drug-likeness (QED) is 0.280. The summed E-state index contributed by atoms with van der Waals surface area (Å²) in [5.41, 5.74) is 0. The van der Waals surface area contributed by atoms with Gasteiger partial charge in [-0.15, -0.1) is 0 Å². The number of hydrogen-bond acceptors (Lipinski definition) is 3. The molecule has 0 aliphatic carbocycles. The molecule has 1 aliphatic heterocycles. The predicted octanol–water partition coefficient (Wildman–Crippen LogP) is 4.40. The third-order valence-electron chi connectivity index (χ3n) is 4.00. The van der Waals surface area contributed by atoms with E-state index >= 15 is 0 Å². The number of epoxide rings is 1. The standard InChI is InChI=1S/C20H32O4/c1-2-3-4-5-9-12-15-18-20(24-18)17(21)14-11-8-6-7-10-13-16-19(22)23/h6-7,9,11-12,14,17-18,20-21H,2-5,8,10,13,15-16H2,1H3,(H,22,23)/t17?,18-,20+/m0/s1. The number of rotatable bonds is 14. The molecule has 3 atom stereocenters. The second kappa shape index (κ2) is 13.0. The second-order valence-electron chi connectivity index (χ2n) is 6.25. The molecule has 2 N–H and O–H groups in total. The van der Waals surface area contributed by atoms with Gasteiger partial charge in [0.05, 0.1) is 6.10 Å². The van der Waals surface area contributed by atoms with E-state index in [9.17, 15) is 9.90 Å². The van der Waals surface area contributed by atoms with Crippen molar-refractivity contribution in [3.05, 3.63) is 36.5 Å². The minimum Gasteiger partial charge on any atom is -0.481 e. The lowest BCUT2D eigenvalue weighted by atomic mass is 10.1. The highest BCUT2D eigenvalue weighted by Gasteiger charge is 2.42. The van der Waals surface area contributed by atoms with E-state index in [0.29, 0.717) is 6.42 Å². The van der Waals surface area contributed by atoms with Crippen LogP contribution in [0.3, 0.4) is 0 Å². The van der Waals surface area contributed by atoms with Crippen molar-refractivity contribution in [3.8, 4) is 0 Å². The van der Waals surface area contributed by atoms with Gasteiger partial charge in [0, 0.05) is 6.42 Å². The number of ether oxygens (including phenoxy) is 1. The first-order valence-electron chi connectivity index (χ1n) is 9.17. The van der Waals surface area contributed by atoms with Crippen molar-refractivity contribution in [1.82, 2.24) is 0 Å². The molecule has 0 radical (unpaired) electrons. The van der Waals surface area contributed by atoms with Gasteiger partial charge >= 0.3 is 5.97 Å². The monoisotopic (exact) mass is 336 g/mol. The summed E-state index contributed by atoms with van der Waals surface area (Å²) < 4.78 is 5.51. The maximum absolute atomic E-state index is 10.4. The first-order valence-corrected chi connectivity index (χ1v) is 9.17. The van der Waals surface area contributed by atoms with Crippen molar-refractivity contribution in [3.63, 3.8) is 0 Å².